The average molecular weight is 375 g/mol. The molecule has 150 valence electrons. The molecule has 0 unspecified atom stereocenters. The summed E-state index contributed by atoms with van der Waals surface area (Å²) in [5.41, 5.74) is 0.0633. The molecule has 2 fully saturated rings. The number of aromatic nitrogens is 1. The number of nitrogens with zero attached hydrogens (tertiary/aromatic N) is 3. The van der Waals surface area contributed by atoms with Crippen LogP contribution in [0, 0.1) is 0 Å². The van der Waals surface area contributed by atoms with E-state index in [0.717, 1.165) is 37.8 Å². The van der Waals surface area contributed by atoms with Crippen molar-refractivity contribution < 1.29 is 9.53 Å². The molecular weight excluding hydrogens is 340 g/mol. The number of hydrogen-bond acceptors (Lipinski definition) is 6. The van der Waals surface area contributed by atoms with E-state index in [2.05, 4.69) is 29.0 Å². The number of piperazine rings is 1. The van der Waals surface area contributed by atoms with Gasteiger partial charge in [-0.3, -0.25) is 4.90 Å². The SMILES string of the molecule is CC(C)N1CCN(c2cc(C(=O)OC(C)(C)C)cc(NC3CCC3)n2)CC1. The fourth-order valence-corrected chi connectivity index (χ4v) is 3.44. The van der Waals surface area contributed by atoms with Crippen LogP contribution in [0.15, 0.2) is 12.1 Å². The van der Waals surface area contributed by atoms with E-state index in [9.17, 15) is 4.79 Å². The predicted octanol–water partition coefficient (Wildman–Crippen LogP) is 3.53. The standard InChI is InChI=1S/C21H34N4O2/c1-15(2)24-9-11-25(12-10-24)19-14-16(20(26)27-21(3,4)5)13-18(23-19)22-17-7-6-8-17/h13-15,17H,6-12H2,1-5H3,(H,22,23). The second kappa shape index (κ2) is 8.05. The molecule has 1 aliphatic heterocycles. The highest BCUT2D eigenvalue weighted by molar-refractivity contribution is 5.91. The lowest BCUT2D eigenvalue weighted by Crippen LogP contribution is -2.49. The molecule has 0 aromatic carbocycles. The highest BCUT2D eigenvalue weighted by Crippen LogP contribution is 2.26. The van der Waals surface area contributed by atoms with Gasteiger partial charge < -0.3 is 15.0 Å². The number of carbonyl (C=O) groups excluding carboxylic acids is 1. The van der Waals surface area contributed by atoms with Gasteiger partial charge in [-0.05, 0) is 66.0 Å². The highest BCUT2D eigenvalue weighted by atomic mass is 16.6. The third kappa shape index (κ3) is 5.34. The van der Waals surface area contributed by atoms with E-state index in [1.165, 1.54) is 19.3 Å². The molecule has 6 heteroatoms. The van der Waals surface area contributed by atoms with Gasteiger partial charge in [0, 0.05) is 38.3 Å². The zero-order valence-electron chi connectivity index (χ0n) is 17.4. The summed E-state index contributed by atoms with van der Waals surface area (Å²) >= 11 is 0. The second-order valence-electron chi connectivity index (χ2n) is 8.99. The molecule has 27 heavy (non-hydrogen) atoms. The monoisotopic (exact) mass is 374 g/mol. The zero-order chi connectivity index (χ0) is 19.6. The van der Waals surface area contributed by atoms with Gasteiger partial charge in [0.05, 0.1) is 5.56 Å². The Morgan fingerprint density at radius 2 is 1.85 bits per heavy atom. The van der Waals surface area contributed by atoms with E-state index in [0.29, 0.717) is 17.6 Å². The van der Waals surface area contributed by atoms with Crippen LogP contribution in [0.1, 0.15) is 64.2 Å². The van der Waals surface area contributed by atoms with Crippen molar-refractivity contribution in [2.24, 2.45) is 0 Å². The molecule has 0 bridgehead atoms. The minimum Gasteiger partial charge on any atom is -0.456 e. The van der Waals surface area contributed by atoms with Gasteiger partial charge in [-0.15, -0.1) is 0 Å². The van der Waals surface area contributed by atoms with Crippen molar-refractivity contribution >= 4 is 17.6 Å². The number of anilines is 2. The lowest BCUT2D eigenvalue weighted by atomic mass is 9.93. The van der Waals surface area contributed by atoms with Crippen molar-refractivity contribution in [3.05, 3.63) is 17.7 Å². The summed E-state index contributed by atoms with van der Waals surface area (Å²) in [6, 6.07) is 4.74. The van der Waals surface area contributed by atoms with Crippen molar-refractivity contribution in [3.8, 4) is 0 Å². The first kappa shape index (κ1) is 19.9. The smallest absolute Gasteiger partial charge is 0.338 e. The summed E-state index contributed by atoms with van der Waals surface area (Å²) in [7, 11) is 0. The van der Waals surface area contributed by atoms with E-state index in [4.69, 9.17) is 9.72 Å². The second-order valence-corrected chi connectivity index (χ2v) is 8.99. The van der Waals surface area contributed by atoms with Crippen molar-refractivity contribution in [3.63, 3.8) is 0 Å². The van der Waals surface area contributed by atoms with Gasteiger partial charge in [-0.25, -0.2) is 9.78 Å². The van der Waals surface area contributed by atoms with E-state index >= 15 is 0 Å². The van der Waals surface area contributed by atoms with E-state index in [1.54, 1.807) is 0 Å². The quantitative estimate of drug-likeness (QED) is 0.796. The van der Waals surface area contributed by atoms with Crippen LogP contribution < -0.4 is 10.2 Å². The maximum absolute atomic E-state index is 12.7. The topological polar surface area (TPSA) is 57.7 Å². The molecule has 2 heterocycles. The molecule has 3 rings (SSSR count). The number of carbonyl (C=O) groups is 1. The summed E-state index contributed by atoms with van der Waals surface area (Å²) in [6.45, 7) is 14.0. The molecule has 6 nitrogen and oxygen atoms in total. The molecule has 0 radical (unpaired) electrons. The minimum absolute atomic E-state index is 0.288. The average Bonchev–Trinajstić information content (AvgIpc) is 2.56. The van der Waals surface area contributed by atoms with Crippen molar-refractivity contribution in [1.29, 1.82) is 0 Å². The van der Waals surface area contributed by atoms with Gasteiger partial charge in [-0.2, -0.15) is 0 Å². The first-order valence-corrected chi connectivity index (χ1v) is 10.2. The van der Waals surface area contributed by atoms with E-state index in [1.807, 2.05) is 32.9 Å². The molecule has 2 aliphatic rings. The number of pyridine rings is 1. The van der Waals surface area contributed by atoms with Gasteiger partial charge in [-0.1, -0.05) is 0 Å². The van der Waals surface area contributed by atoms with Crippen LogP contribution in [0.4, 0.5) is 11.6 Å². The van der Waals surface area contributed by atoms with Crippen molar-refractivity contribution in [2.75, 3.05) is 36.4 Å². The van der Waals surface area contributed by atoms with Crippen LogP contribution in [-0.4, -0.2) is 59.7 Å². The van der Waals surface area contributed by atoms with Gasteiger partial charge in [0.15, 0.2) is 0 Å². The van der Waals surface area contributed by atoms with Gasteiger partial charge >= 0.3 is 5.97 Å². The largest absolute Gasteiger partial charge is 0.456 e. The third-order valence-electron chi connectivity index (χ3n) is 5.27. The number of hydrogen-bond donors (Lipinski definition) is 1. The summed E-state index contributed by atoms with van der Waals surface area (Å²) in [6.07, 6.45) is 3.59. The summed E-state index contributed by atoms with van der Waals surface area (Å²) in [5.74, 6) is 1.36. The Bertz CT molecular complexity index is 657. The lowest BCUT2D eigenvalue weighted by Gasteiger charge is -2.38. The number of ether oxygens (including phenoxy) is 1. The predicted molar refractivity (Wildman–Crippen MR) is 110 cm³/mol. The Labute approximate surface area is 163 Å². The molecular formula is C21H34N4O2. The Morgan fingerprint density at radius 1 is 1.19 bits per heavy atom. The summed E-state index contributed by atoms with van der Waals surface area (Å²) < 4.78 is 5.59. The maximum Gasteiger partial charge on any atom is 0.338 e. The molecule has 1 N–H and O–H groups in total. The maximum atomic E-state index is 12.7. The van der Waals surface area contributed by atoms with E-state index in [-0.39, 0.29) is 5.97 Å². The molecule has 1 saturated heterocycles. The van der Waals surface area contributed by atoms with Gasteiger partial charge in [0.1, 0.15) is 17.2 Å². The molecule has 1 aliphatic carbocycles. The molecule has 0 spiro atoms. The lowest BCUT2D eigenvalue weighted by molar-refractivity contribution is 0.00694. The Balaban J connectivity index is 1.80. The van der Waals surface area contributed by atoms with Crippen LogP contribution in [0.2, 0.25) is 0 Å². The van der Waals surface area contributed by atoms with Crippen LogP contribution in [0.3, 0.4) is 0 Å². The summed E-state index contributed by atoms with van der Waals surface area (Å²) in [5, 5.41) is 3.49. The van der Waals surface area contributed by atoms with Crippen LogP contribution in [-0.2, 0) is 4.74 Å². The first-order chi connectivity index (χ1) is 12.7. The van der Waals surface area contributed by atoms with E-state index < -0.39 is 5.60 Å². The number of esters is 1. The fourth-order valence-electron chi connectivity index (χ4n) is 3.44. The number of rotatable bonds is 5. The Kier molecular flexibility index (Phi) is 5.94. The van der Waals surface area contributed by atoms with Crippen LogP contribution in [0.5, 0.6) is 0 Å². The number of nitrogens with one attached hydrogen (secondary N) is 1. The molecule has 0 amide bonds. The Morgan fingerprint density at radius 3 is 2.37 bits per heavy atom. The molecule has 1 aromatic rings. The first-order valence-electron chi connectivity index (χ1n) is 10.2. The highest BCUT2D eigenvalue weighted by Gasteiger charge is 2.25. The summed E-state index contributed by atoms with van der Waals surface area (Å²) in [4.78, 5) is 22.2. The Hall–Kier alpha value is -1.82. The van der Waals surface area contributed by atoms with Crippen LogP contribution >= 0.6 is 0 Å². The normalized spacial score (nSPS) is 19.1. The van der Waals surface area contributed by atoms with Crippen LogP contribution in [0.25, 0.3) is 0 Å². The fraction of sp³-hybridized carbons (Fsp3) is 0.714. The van der Waals surface area contributed by atoms with Gasteiger partial charge in [0.2, 0.25) is 0 Å². The zero-order valence-corrected chi connectivity index (χ0v) is 17.4. The van der Waals surface area contributed by atoms with Gasteiger partial charge in [0.25, 0.3) is 0 Å². The van der Waals surface area contributed by atoms with Crippen molar-refractivity contribution in [2.45, 2.75) is 71.6 Å². The molecule has 1 saturated carbocycles. The van der Waals surface area contributed by atoms with Crippen molar-refractivity contribution in [1.82, 2.24) is 9.88 Å². The molecule has 0 atom stereocenters. The molecule has 1 aromatic heterocycles. The third-order valence-corrected chi connectivity index (χ3v) is 5.27. The minimum atomic E-state index is -0.509.